The Morgan fingerprint density at radius 2 is 2.04 bits per heavy atom. The number of aromatic nitrogens is 5. The maximum Gasteiger partial charge on any atom is 0.252 e. The zero-order chi connectivity index (χ0) is 18.6. The van der Waals surface area contributed by atoms with Crippen molar-refractivity contribution in [2.45, 2.75) is 6.92 Å². The highest BCUT2D eigenvalue weighted by Gasteiger charge is 2.08. The van der Waals surface area contributed by atoms with E-state index in [0.717, 1.165) is 5.52 Å². The molecular weight excluding hydrogens is 342 g/mol. The summed E-state index contributed by atoms with van der Waals surface area (Å²) in [4.78, 5) is 21.0. The Morgan fingerprint density at radius 3 is 2.85 bits per heavy atom. The Labute approximate surface area is 155 Å². The van der Waals surface area contributed by atoms with E-state index in [4.69, 9.17) is 0 Å². The minimum absolute atomic E-state index is 0.100. The van der Waals surface area contributed by atoms with Crippen molar-refractivity contribution in [3.05, 3.63) is 72.6 Å². The number of pyridine rings is 1. The van der Waals surface area contributed by atoms with Gasteiger partial charge in [-0.25, -0.2) is 14.6 Å². The largest absolute Gasteiger partial charge is 0.368 e. The SMILES string of the molecule is Cc1nc(NCCNC(=O)c2cc3ccccn3c2)cc(-n2cccn2)n1. The number of carbonyl (C=O) groups is 1. The second-order valence-electron chi connectivity index (χ2n) is 6.05. The molecule has 4 aromatic heterocycles. The fraction of sp³-hybridized carbons (Fsp3) is 0.158. The molecule has 0 spiro atoms. The summed E-state index contributed by atoms with van der Waals surface area (Å²) >= 11 is 0. The summed E-state index contributed by atoms with van der Waals surface area (Å²) in [6.07, 6.45) is 7.27. The molecule has 0 atom stereocenters. The Hall–Kier alpha value is -3.68. The molecule has 0 saturated carbocycles. The van der Waals surface area contributed by atoms with Crippen molar-refractivity contribution >= 4 is 17.2 Å². The zero-order valence-electron chi connectivity index (χ0n) is 14.8. The number of rotatable bonds is 6. The van der Waals surface area contributed by atoms with E-state index in [2.05, 4.69) is 25.7 Å². The topological polar surface area (TPSA) is 89.1 Å². The van der Waals surface area contributed by atoms with Crippen LogP contribution in [-0.2, 0) is 0 Å². The van der Waals surface area contributed by atoms with Gasteiger partial charge >= 0.3 is 0 Å². The first-order valence-corrected chi connectivity index (χ1v) is 8.63. The molecule has 4 aromatic rings. The van der Waals surface area contributed by atoms with Gasteiger partial charge in [-0.1, -0.05) is 6.07 Å². The van der Waals surface area contributed by atoms with E-state index in [0.29, 0.717) is 36.1 Å². The first kappa shape index (κ1) is 16.8. The lowest BCUT2D eigenvalue weighted by molar-refractivity contribution is 0.0955. The monoisotopic (exact) mass is 361 g/mol. The van der Waals surface area contributed by atoms with Crippen molar-refractivity contribution in [2.24, 2.45) is 0 Å². The van der Waals surface area contributed by atoms with Crippen LogP contribution in [-0.4, -0.2) is 43.1 Å². The molecule has 4 heterocycles. The van der Waals surface area contributed by atoms with E-state index in [-0.39, 0.29) is 5.91 Å². The number of anilines is 1. The van der Waals surface area contributed by atoms with Gasteiger partial charge in [0.25, 0.3) is 5.91 Å². The van der Waals surface area contributed by atoms with Gasteiger partial charge in [0.2, 0.25) is 0 Å². The van der Waals surface area contributed by atoms with Crippen LogP contribution in [0.15, 0.2) is 61.2 Å². The third-order valence-corrected chi connectivity index (χ3v) is 4.05. The molecule has 8 heteroatoms. The van der Waals surface area contributed by atoms with Crippen LogP contribution in [0.3, 0.4) is 0 Å². The Balaban J connectivity index is 1.34. The number of hydrogen-bond acceptors (Lipinski definition) is 5. The summed E-state index contributed by atoms with van der Waals surface area (Å²) < 4.78 is 3.60. The molecule has 0 bridgehead atoms. The van der Waals surface area contributed by atoms with Gasteiger partial charge in [-0.3, -0.25) is 4.79 Å². The van der Waals surface area contributed by atoms with Crippen LogP contribution >= 0.6 is 0 Å². The molecule has 1 amide bonds. The number of aryl methyl sites for hydroxylation is 1. The minimum atomic E-state index is -0.100. The quantitative estimate of drug-likeness (QED) is 0.513. The summed E-state index contributed by atoms with van der Waals surface area (Å²) in [6, 6.07) is 11.4. The number of hydrogen-bond donors (Lipinski definition) is 2. The smallest absolute Gasteiger partial charge is 0.252 e. The molecule has 0 radical (unpaired) electrons. The maximum absolute atomic E-state index is 12.3. The second-order valence-corrected chi connectivity index (χ2v) is 6.05. The Kier molecular flexibility index (Phi) is 4.52. The van der Waals surface area contributed by atoms with Crippen LogP contribution in [0.5, 0.6) is 0 Å². The predicted molar refractivity (Wildman–Crippen MR) is 102 cm³/mol. The van der Waals surface area contributed by atoms with Crippen LogP contribution in [0.25, 0.3) is 11.3 Å². The standard InChI is InChI=1S/C19H19N7O/c1-14-23-17(12-18(24-14)26-10-4-6-22-26)20-7-8-21-19(27)15-11-16-5-2-3-9-25(16)13-15/h2-6,9-13H,7-8H2,1H3,(H,21,27)(H,20,23,24). The average molecular weight is 361 g/mol. The van der Waals surface area contributed by atoms with E-state index in [1.807, 2.05) is 66.3 Å². The highest BCUT2D eigenvalue weighted by Crippen LogP contribution is 2.11. The van der Waals surface area contributed by atoms with Gasteiger partial charge < -0.3 is 15.0 Å². The van der Waals surface area contributed by atoms with Crippen LogP contribution in [0.4, 0.5) is 5.82 Å². The number of fused-ring (bicyclic) bond motifs is 1. The molecule has 2 N–H and O–H groups in total. The average Bonchev–Trinajstić information content (AvgIpc) is 3.34. The van der Waals surface area contributed by atoms with Crippen molar-refractivity contribution in [2.75, 3.05) is 18.4 Å². The summed E-state index contributed by atoms with van der Waals surface area (Å²) in [5.74, 6) is 1.93. The van der Waals surface area contributed by atoms with Crippen molar-refractivity contribution < 1.29 is 4.79 Å². The van der Waals surface area contributed by atoms with Crippen LogP contribution < -0.4 is 10.6 Å². The van der Waals surface area contributed by atoms with Crippen LogP contribution in [0.2, 0.25) is 0 Å². The van der Waals surface area contributed by atoms with Crippen molar-refractivity contribution in [3.8, 4) is 5.82 Å². The van der Waals surface area contributed by atoms with Gasteiger partial charge in [0.1, 0.15) is 11.6 Å². The summed E-state index contributed by atoms with van der Waals surface area (Å²) in [5, 5.41) is 10.3. The molecule has 0 aliphatic heterocycles. The summed E-state index contributed by atoms with van der Waals surface area (Å²) in [5.41, 5.74) is 1.63. The predicted octanol–water partition coefficient (Wildman–Crippen LogP) is 2.07. The van der Waals surface area contributed by atoms with Gasteiger partial charge in [-0.15, -0.1) is 0 Å². The molecule has 27 heavy (non-hydrogen) atoms. The van der Waals surface area contributed by atoms with E-state index in [1.165, 1.54) is 0 Å². The normalized spacial score (nSPS) is 10.9. The highest BCUT2D eigenvalue weighted by molar-refractivity contribution is 5.95. The van der Waals surface area contributed by atoms with Gasteiger partial charge in [-0.2, -0.15) is 5.10 Å². The molecule has 8 nitrogen and oxygen atoms in total. The van der Waals surface area contributed by atoms with E-state index in [9.17, 15) is 4.79 Å². The second kappa shape index (κ2) is 7.28. The minimum Gasteiger partial charge on any atom is -0.368 e. The first-order valence-electron chi connectivity index (χ1n) is 8.63. The molecule has 0 fully saturated rings. The van der Waals surface area contributed by atoms with Crippen molar-refractivity contribution in [1.29, 1.82) is 0 Å². The van der Waals surface area contributed by atoms with E-state index in [1.54, 1.807) is 10.9 Å². The van der Waals surface area contributed by atoms with Gasteiger partial charge in [0.05, 0.1) is 5.56 Å². The Bertz CT molecular complexity index is 1040. The summed E-state index contributed by atoms with van der Waals surface area (Å²) in [6.45, 7) is 2.86. The molecule has 0 aliphatic carbocycles. The zero-order valence-corrected chi connectivity index (χ0v) is 14.8. The maximum atomic E-state index is 12.3. The van der Waals surface area contributed by atoms with Gasteiger partial charge in [0, 0.05) is 49.5 Å². The molecule has 0 aromatic carbocycles. The van der Waals surface area contributed by atoms with Gasteiger partial charge in [0.15, 0.2) is 5.82 Å². The molecule has 4 rings (SSSR count). The third-order valence-electron chi connectivity index (χ3n) is 4.05. The third kappa shape index (κ3) is 3.79. The lowest BCUT2D eigenvalue weighted by Gasteiger charge is -2.09. The molecule has 0 saturated heterocycles. The molecule has 0 unspecified atom stereocenters. The fourth-order valence-electron chi connectivity index (χ4n) is 2.81. The molecule has 0 aliphatic rings. The number of nitrogens with one attached hydrogen (secondary N) is 2. The lowest BCUT2D eigenvalue weighted by atomic mass is 10.3. The molecular formula is C19H19N7O. The number of carbonyl (C=O) groups excluding carboxylic acids is 1. The van der Waals surface area contributed by atoms with Crippen LogP contribution in [0.1, 0.15) is 16.2 Å². The first-order chi connectivity index (χ1) is 13.2. The van der Waals surface area contributed by atoms with E-state index >= 15 is 0 Å². The van der Waals surface area contributed by atoms with Crippen molar-refractivity contribution in [3.63, 3.8) is 0 Å². The Morgan fingerprint density at radius 1 is 1.11 bits per heavy atom. The van der Waals surface area contributed by atoms with Crippen LogP contribution in [0, 0.1) is 6.92 Å². The fourth-order valence-corrected chi connectivity index (χ4v) is 2.81. The van der Waals surface area contributed by atoms with E-state index < -0.39 is 0 Å². The number of amides is 1. The van der Waals surface area contributed by atoms with Crippen molar-refractivity contribution in [1.82, 2.24) is 29.5 Å². The summed E-state index contributed by atoms with van der Waals surface area (Å²) in [7, 11) is 0. The van der Waals surface area contributed by atoms with Gasteiger partial charge in [-0.05, 0) is 31.2 Å². The number of nitrogens with zero attached hydrogens (tertiary/aromatic N) is 5. The lowest BCUT2D eigenvalue weighted by Crippen LogP contribution is -2.28. The molecule has 136 valence electrons. The highest BCUT2D eigenvalue weighted by atomic mass is 16.1.